The molecular weight excluding hydrogens is 1690 g/mol. The third kappa shape index (κ3) is 28.8. The fraction of sp³-hybridized carbons (Fsp3) is 0.325. The second kappa shape index (κ2) is 44.3. The normalized spacial score (nSPS) is 12.6. The number of hydrogen-bond acceptors (Lipinski definition) is 3. The Bertz CT molecular complexity index is 5580. The Labute approximate surface area is 771 Å². The predicted octanol–water partition coefficient (Wildman–Crippen LogP) is 27.4. The molecule has 7 heteroatoms. The van der Waals surface area contributed by atoms with Crippen molar-refractivity contribution in [1.29, 1.82) is 15.8 Å². The van der Waals surface area contributed by atoms with Crippen molar-refractivity contribution in [3.05, 3.63) is 364 Å². The van der Waals surface area contributed by atoms with Crippen molar-refractivity contribution in [2.24, 2.45) is 0 Å². The van der Waals surface area contributed by atoms with E-state index in [0.717, 1.165) is 48.5 Å². The van der Waals surface area contributed by atoms with Gasteiger partial charge >= 0.3 is 364 Å². The average Bonchev–Trinajstić information content (AvgIpc) is 0.721. The van der Waals surface area contributed by atoms with Crippen molar-refractivity contribution < 1.29 is 8.22 Å². The van der Waals surface area contributed by atoms with Gasteiger partial charge < -0.3 is 0 Å². The maximum atomic E-state index is 9.05. The molecule has 3 nitrogen and oxygen atoms in total. The van der Waals surface area contributed by atoms with Gasteiger partial charge in [0, 0.05) is 15.2 Å². The van der Waals surface area contributed by atoms with Gasteiger partial charge in [-0.25, -0.2) is 0 Å². The zero-order chi connectivity index (χ0) is 97.0. The van der Waals surface area contributed by atoms with Gasteiger partial charge in [-0.1, -0.05) is 218 Å². The predicted molar refractivity (Wildman–Crippen MR) is 556 cm³/mol. The number of rotatable bonds is 9. The van der Waals surface area contributed by atoms with Crippen molar-refractivity contribution in [1.82, 2.24) is 0 Å². The molecule has 0 aliphatic heterocycles. The Morgan fingerprint density at radius 3 is 0.944 bits per heavy atom. The van der Waals surface area contributed by atoms with E-state index in [2.05, 4.69) is 375 Å². The van der Waals surface area contributed by atoms with Crippen LogP contribution in [0.25, 0.3) is 22.3 Å². The SMILES string of the molecule is C.C#Cc1ccc(-c2cccc(-c3ccc(C#N)cc3)c2C(C)(C)C)cc1.C#Cc1cccc(C#N)c1C(C)(C)C.CC(C)(C)c1cccc[c]1[Ge]([CH3])([CH3])[CH3].CC(C)(C)c1cccc[c]1[Ge]([c]1ccccc1)([c]1ccccc1)[c]1ccccc1.CC(C)(C)c1ccccc1C#N.[2H]C([2H])([2H])[Si](C)(C)c1ccccc1C(C)(C)C.[2H][C]([2H])([2H])[Ge]([CH3])([CH3])[c]1ccccc1C(C)(C)C. The van der Waals surface area contributed by atoms with Crippen molar-refractivity contribution in [3.8, 4) is 65.1 Å². The molecule has 0 aliphatic carbocycles. The molecule has 12 aromatic rings. The second-order valence-corrected chi connectivity index (χ2v) is 71.3. The summed E-state index contributed by atoms with van der Waals surface area (Å²) in [4.78, 5) is 0. The summed E-state index contributed by atoms with van der Waals surface area (Å²) in [6, 6.07) is 110. The van der Waals surface area contributed by atoms with Crippen molar-refractivity contribution in [2.45, 2.75) is 245 Å². The second-order valence-electron chi connectivity index (χ2n) is 41.1. The topological polar surface area (TPSA) is 71.4 Å². The summed E-state index contributed by atoms with van der Waals surface area (Å²) in [5.41, 5.74) is 15.7. The zero-order valence-electron chi connectivity index (χ0n) is 85.3. The summed E-state index contributed by atoms with van der Waals surface area (Å²) in [6.07, 6.45) is 10.9. The number of terminal acetylenes is 2. The number of hydrogen-bond donors (Lipinski definition) is 0. The third-order valence-corrected chi connectivity index (χ3v) is 41.6. The van der Waals surface area contributed by atoms with Gasteiger partial charge in [-0.3, -0.25) is 0 Å². The summed E-state index contributed by atoms with van der Waals surface area (Å²) in [5.74, 6) is 16.7. The first kappa shape index (κ1) is 94.7. The van der Waals surface area contributed by atoms with Crippen LogP contribution in [0.15, 0.2) is 297 Å². The molecule has 0 heterocycles. The molecule has 0 saturated heterocycles. The van der Waals surface area contributed by atoms with Gasteiger partial charge in [-0.15, -0.1) is 12.8 Å². The summed E-state index contributed by atoms with van der Waals surface area (Å²) in [7, 11) is -2.44. The standard InChI is InChI=1S/C28H28Ge.C25H21N.2C13H22Ge.C13H13N.C13H22Si.C11H13N.CH4/c1-28(2,3)26-21-13-14-22-27(26)29(23-15-7-4-8-16-23,24-17-9-5-10-18-24)25-19-11-6-12-20-25;1-5-18-9-13-20(14-10-18)22-7-6-8-23(24(22)25(2,3)4)21-15-11-19(17-26)12-16-21;2*1-13(2,3)11-9-7-8-10-12(11)14(4,5)6;1-5-10-7-6-8-11(9-14)12(10)13(2,3)4;1-13(2,3)11-9-7-8-10-12(11)14(4,5)6;1-11(2,3)10-7-5-4-6-9(10)8-12;/h4-22H,1-3H3;1,6-16H,2-4H3;2*7-10H,1-6H3;1,6-8H,2-4H3;7-10H,1-6H3;4-7H,1-3H3;1H4/i;;4D3;;;4D3;;. The molecule has 0 aromatic heterocycles. The van der Waals surface area contributed by atoms with E-state index in [1.807, 2.05) is 134 Å². The first-order chi connectivity index (χ1) is 59.7. The molecule has 0 N–H and O–H groups in total. The van der Waals surface area contributed by atoms with E-state index in [-0.39, 0.29) is 45.3 Å². The molecule has 0 spiro atoms. The molecule has 0 fully saturated rings. The van der Waals surface area contributed by atoms with Crippen LogP contribution >= 0.6 is 0 Å². The molecule has 0 aliphatic rings. The van der Waals surface area contributed by atoms with Gasteiger partial charge in [0.05, 0.1) is 43.0 Å². The molecule has 0 atom stereocenters. The van der Waals surface area contributed by atoms with Crippen LogP contribution < -0.4 is 31.6 Å². The van der Waals surface area contributed by atoms with Crippen LogP contribution in [0.3, 0.4) is 0 Å². The van der Waals surface area contributed by atoms with Crippen LogP contribution in [0, 0.1) is 58.7 Å². The zero-order valence-corrected chi connectivity index (χ0v) is 86.6. The first-order valence-electron chi connectivity index (χ1n) is 46.0. The molecule has 0 bridgehead atoms. The van der Waals surface area contributed by atoms with E-state index in [0.29, 0.717) is 11.1 Å². The van der Waals surface area contributed by atoms with Gasteiger partial charge in [-0.2, -0.15) is 15.8 Å². The number of nitriles is 3. The van der Waals surface area contributed by atoms with E-state index < -0.39 is 60.0 Å². The Hall–Kier alpha value is -9.92. The Kier molecular flexibility index (Phi) is 33.8. The van der Waals surface area contributed by atoms with E-state index >= 15 is 0 Å². The third-order valence-electron chi connectivity index (χ3n) is 21.6. The molecule has 12 aromatic carbocycles. The van der Waals surface area contributed by atoms with Crippen LogP contribution in [-0.4, -0.2) is 47.9 Å². The minimum absolute atomic E-state index is 0. The van der Waals surface area contributed by atoms with Crippen molar-refractivity contribution in [2.75, 3.05) is 0 Å². The molecule has 0 radical (unpaired) electrons. The Morgan fingerprint density at radius 1 is 0.290 bits per heavy atom. The summed E-state index contributed by atoms with van der Waals surface area (Å²) < 4.78 is 55.4. The summed E-state index contributed by atoms with van der Waals surface area (Å²) >= 11 is -7.87. The molecule has 0 saturated carbocycles. The fourth-order valence-electron chi connectivity index (χ4n) is 15.8. The summed E-state index contributed by atoms with van der Waals surface area (Å²) in [5, 5.41) is 27.9. The van der Waals surface area contributed by atoms with E-state index in [9.17, 15) is 0 Å². The molecule has 0 unspecified atom stereocenters. The molecule has 644 valence electrons. The van der Waals surface area contributed by atoms with E-state index in [1.54, 1.807) is 16.0 Å². The molecule has 12 rings (SSSR count). The summed E-state index contributed by atoms with van der Waals surface area (Å²) in [6.45, 7) is 48.0. The molecule has 124 heavy (non-hydrogen) atoms. The quantitative estimate of drug-likeness (QED) is 0.107. The van der Waals surface area contributed by atoms with Crippen LogP contribution in [0.1, 0.15) is 228 Å². The first-order valence-corrected chi connectivity index (χ1v) is 63.8. The monoisotopic (exact) mass is 1850 g/mol. The Balaban J connectivity index is 0.000000275. The van der Waals surface area contributed by atoms with Gasteiger partial charge in [0.2, 0.25) is 0 Å². The maximum absolute atomic E-state index is 9.05. The van der Waals surface area contributed by atoms with Crippen molar-refractivity contribution >= 4 is 79.4 Å². The fourth-order valence-corrected chi connectivity index (χ4v) is 35.7. The number of benzene rings is 12. The van der Waals surface area contributed by atoms with E-state index in [4.69, 9.17) is 36.9 Å². The average molecular weight is 1850 g/mol. The van der Waals surface area contributed by atoms with Gasteiger partial charge in [0.1, 0.15) is 0 Å². The number of nitrogens with zero attached hydrogens (tertiary/aromatic N) is 3. The van der Waals surface area contributed by atoms with Gasteiger partial charge in [0.25, 0.3) is 0 Å². The molecular formula is C117H145Ge3N3Si. The van der Waals surface area contributed by atoms with Crippen LogP contribution in [0.4, 0.5) is 0 Å². The molecule has 0 amide bonds. The Morgan fingerprint density at radius 2 is 0.605 bits per heavy atom. The minimum atomic E-state index is -3.18. The van der Waals surface area contributed by atoms with Crippen LogP contribution in [0.5, 0.6) is 0 Å². The van der Waals surface area contributed by atoms with Crippen LogP contribution in [0.2, 0.25) is 54.0 Å². The van der Waals surface area contributed by atoms with Crippen molar-refractivity contribution in [3.63, 3.8) is 0 Å². The van der Waals surface area contributed by atoms with Gasteiger partial charge in [-0.05, 0) is 109 Å². The van der Waals surface area contributed by atoms with E-state index in [1.165, 1.54) is 51.0 Å². The van der Waals surface area contributed by atoms with Crippen LogP contribution in [-0.2, 0) is 37.9 Å². The van der Waals surface area contributed by atoms with Gasteiger partial charge in [0.15, 0.2) is 0 Å².